The number of piperidine rings is 1. The lowest BCUT2D eigenvalue weighted by atomic mass is 9.82. The van der Waals surface area contributed by atoms with E-state index in [1.54, 1.807) is 24.5 Å². The molecule has 3 heterocycles. The lowest BCUT2D eigenvalue weighted by Gasteiger charge is -2.44. The number of benzene rings is 2. The zero-order chi connectivity index (χ0) is 20.2. The van der Waals surface area contributed by atoms with Crippen molar-refractivity contribution in [2.75, 3.05) is 25.1 Å². The molecule has 29 heavy (non-hydrogen) atoms. The number of aromatic nitrogens is 1. The summed E-state index contributed by atoms with van der Waals surface area (Å²) >= 11 is 7.81. The predicted octanol–water partition coefficient (Wildman–Crippen LogP) is 5.27. The third-order valence-corrected chi connectivity index (χ3v) is 7.17. The Morgan fingerprint density at radius 1 is 1.24 bits per heavy atom. The number of halogens is 1. The van der Waals surface area contributed by atoms with Gasteiger partial charge in [0.15, 0.2) is 10.9 Å². The molecule has 0 aliphatic carbocycles. The summed E-state index contributed by atoms with van der Waals surface area (Å²) in [5.74, 6) is 1.66. The van der Waals surface area contributed by atoms with Gasteiger partial charge in [-0.1, -0.05) is 22.9 Å². The van der Waals surface area contributed by atoms with Crippen molar-refractivity contribution in [3.8, 4) is 11.5 Å². The van der Waals surface area contributed by atoms with Crippen LogP contribution in [0.15, 0.2) is 30.3 Å². The summed E-state index contributed by atoms with van der Waals surface area (Å²) in [5.41, 5.74) is 2.08. The van der Waals surface area contributed by atoms with Crippen LogP contribution in [0.2, 0.25) is 5.02 Å². The maximum absolute atomic E-state index is 12.8. The van der Waals surface area contributed by atoms with Crippen LogP contribution >= 0.6 is 22.9 Å². The molecule has 5 nitrogen and oxygen atoms in total. The Morgan fingerprint density at radius 3 is 2.79 bits per heavy atom. The van der Waals surface area contributed by atoms with Gasteiger partial charge in [-0.25, -0.2) is 4.98 Å². The van der Waals surface area contributed by atoms with E-state index in [1.165, 1.54) is 0 Å². The number of anilines is 1. The number of aryl methyl sites for hydroxylation is 1. The average molecular weight is 429 g/mol. The second kappa shape index (κ2) is 6.89. The quantitative estimate of drug-likeness (QED) is 0.556. The van der Waals surface area contributed by atoms with Crippen LogP contribution in [0.4, 0.5) is 5.13 Å². The molecule has 2 aromatic carbocycles. The van der Waals surface area contributed by atoms with E-state index in [-0.39, 0.29) is 5.78 Å². The van der Waals surface area contributed by atoms with Gasteiger partial charge in [0.1, 0.15) is 17.1 Å². The molecule has 2 aliphatic rings. The molecule has 0 N–H and O–H groups in total. The number of Topliss-reactive ketones (excluding diaryl/α,β-unsaturated/α-hetero) is 1. The number of carbonyl (C=O) groups excluding carboxylic acids is 1. The van der Waals surface area contributed by atoms with Crippen molar-refractivity contribution in [1.29, 1.82) is 0 Å². The van der Waals surface area contributed by atoms with Crippen LogP contribution in [0.25, 0.3) is 10.2 Å². The van der Waals surface area contributed by atoms with Gasteiger partial charge >= 0.3 is 0 Å². The molecule has 1 aromatic heterocycles. The van der Waals surface area contributed by atoms with Gasteiger partial charge in [0.2, 0.25) is 0 Å². The van der Waals surface area contributed by atoms with Crippen molar-refractivity contribution in [3.05, 3.63) is 46.5 Å². The highest BCUT2D eigenvalue weighted by Gasteiger charge is 2.44. The fraction of sp³-hybridized carbons (Fsp3) is 0.364. The molecule has 2 aliphatic heterocycles. The fourth-order valence-electron chi connectivity index (χ4n) is 4.25. The molecule has 0 bridgehead atoms. The molecule has 1 spiro atoms. The van der Waals surface area contributed by atoms with Crippen LogP contribution in [-0.2, 0) is 0 Å². The van der Waals surface area contributed by atoms with Crippen molar-refractivity contribution >= 4 is 44.1 Å². The normalized spacial score (nSPS) is 18.0. The van der Waals surface area contributed by atoms with Gasteiger partial charge in [0.05, 0.1) is 29.3 Å². The van der Waals surface area contributed by atoms with Crippen molar-refractivity contribution in [1.82, 2.24) is 4.98 Å². The van der Waals surface area contributed by atoms with E-state index in [2.05, 4.69) is 4.90 Å². The van der Waals surface area contributed by atoms with Gasteiger partial charge in [-0.05, 0) is 42.8 Å². The van der Waals surface area contributed by atoms with E-state index in [9.17, 15) is 4.79 Å². The minimum absolute atomic E-state index is 0.123. The number of ketones is 1. The maximum atomic E-state index is 12.8. The summed E-state index contributed by atoms with van der Waals surface area (Å²) in [7, 11) is 1.67. The van der Waals surface area contributed by atoms with E-state index in [0.29, 0.717) is 22.8 Å². The van der Waals surface area contributed by atoms with E-state index in [1.807, 2.05) is 31.2 Å². The van der Waals surface area contributed by atoms with Crippen molar-refractivity contribution in [2.45, 2.75) is 31.8 Å². The van der Waals surface area contributed by atoms with E-state index in [4.69, 9.17) is 26.1 Å². The molecule has 0 unspecified atom stereocenters. The first-order valence-corrected chi connectivity index (χ1v) is 10.9. The monoisotopic (exact) mass is 428 g/mol. The number of nitrogens with zero attached hydrogens (tertiary/aromatic N) is 2. The highest BCUT2D eigenvalue weighted by molar-refractivity contribution is 7.22. The van der Waals surface area contributed by atoms with E-state index >= 15 is 0 Å². The first-order chi connectivity index (χ1) is 14.0. The Kier molecular flexibility index (Phi) is 4.44. The molecule has 0 atom stereocenters. The van der Waals surface area contributed by atoms with Gasteiger partial charge in [-0.15, -0.1) is 0 Å². The lowest BCUT2D eigenvalue weighted by molar-refractivity contribution is 0.0226. The number of thiazole rings is 1. The topological polar surface area (TPSA) is 51.7 Å². The molecule has 5 rings (SSSR count). The largest absolute Gasteiger partial charge is 0.497 e. The smallest absolute Gasteiger partial charge is 0.186 e. The van der Waals surface area contributed by atoms with E-state index in [0.717, 1.165) is 52.6 Å². The van der Waals surface area contributed by atoms with Crippen molar-refractivity contribution in [3.63, 3.8) is 0 Å². The summed E-state index contributed by atoms with van der Waals surface area (Å²) in [4.78, 5) is 19.9. The Hall–Kier alpha value is -2.31. The Bertz CT molecular complexity index is 1120. The van der Waals surface area contributed by atoms with Crippen LogP contribution < -0.4 is 14.4 Å². The molecule has 7 heteroatoms. The number of fused-ring (bicyclic) bond motifs is 2. The highest BCUT2D eigenvalue weighted by Crippen LogP contribution is 2.43. The molecule has 0 radical (unpaired) electrons. The Labute approximate surface area is 178 Å². The van der Waals surface area contributed by atoms with Crippen molar-refractivity contribution in [2.24, 2.45) is 0 Å². The Morgan fingerprint density at radius 2 is 2.03 bits per heavy atom. The lowest BCUT2D eigenvalue weighted by Crippen LogP contribution is -2.51. The summed E-state index contributed by atoms with van der Waals surface area (Å²) in [6.07, 6.45) is 1.99. The molecule has 3 aromatic rings. The van der Waals surface area contributed by atoms with Crippen LogP contribution in [0, 0.1) is 6.92 Å². The number of methoxy groups -OCH3 is 1. The van der Waals surface area contributed by atoms with Gasteiger partial charge in [-0.2, -0.15) is 0 Å². The third kappa shape index (κ3) is 3.24. The average Bonchev–Trinajstić information content (AvgIpc) is 3.13. The zero-order valence-electron chi connectivity index (χ0n) is 16.3. The van der Waals surface area contributed by atoms with Gasteiger partial charge < -0.3 is 14.4 Å². The van der Waals surface area contributed by atoms with Crippen LogP contribution in [0.5, 0.6) is 11.5 Å². The summed E-state index contributed by atoms with van der Waals surface area (Å²) in [6, 6.07) is 9.54. The third-order valence-electron chi connectivity index (χ3n) is 5.87. The van der Waals surface area contributed by atoms with Crippen LogP contribution in [-0.4, -0.2) is 36.6 Å². The summed E-state index contributed by atoms with van der Waals surface area (Å²) in [5, 5.41) is 1.59. The minimum atomic E-state index is -0.431. The van der Waals surface area contributed by atoms with Gasteiger partial charge in [0.25, 0.3) is 0 Å². The Balaban J connectivity index is 1.37. The summed E-state index contributed by atoms with van der Waals surface area (Å²) in [6.45, 7) is 3.57. The standard InChI is InChI=1S/C22H21ClN2O3S/c1-13-9-14(23)10-16-18(26)12-22(28-20(13)16)5-7-25(8-6-22)21-24-17-4-3-15(27-2)11-19(17)29-21/h3-4,9-11H,5-8,12H2,1-2H3. The maximum Gasteiger partial charge on any atom is 0.186 e. The van der Waals surface area contributed by atoms with E-state index < -0.39 is 5.60 Å². The van der Waals surface area contributed by atoms with Crippen LogP contribution in [0.1, 0.15) is 35.2 Å². The minimum Gasteiger partial charge on any atom is -0.497 e. The molecule has 1 fully saturated rings. The molecule has 0 saturated carbocycles. The zero-order valence-corrected chi connectivity index (χ0v) is 17.9. The molecule has 1 saturated heterocycles. The van der Waals surface area contributed by atoms with Crippen molar-refractivity contribution < 1.29 is 14.3 Å². The number of rotatable bonds is 2. The summed E-state index contributed by atoms with van der Waals surface area (Å²) < 4.78 is 12.9. The molecule has 0 amide bonds. The second-order valence-electron chi connectivity index (χ2n) is 7.80. The first-order valence-electron chi connectivity index (χ1n) is 9.68. The number of hydrogen-bond acceptors (Lipinski definition) is 6. The first kappa shape index (κ1) is 18.7. The van der Waals surface area contributed by atoms with Gasteiger partial charge in [0, 0.05) is 31.0 Å². The number of hydrogen-bond donors (Lipinski definition) is 0. The SMILES string of the molecule is COc1ccc2nc(N3CCC4(CC3)CC(=O)c3cc(Cl)cc(C)c3O4)sc2c1. The predicted molar refractivity (Wildman–Crippen MR) is 116 cm³/mol. The highest BCUT2D eigenvalue weighted by atomic mass is 35.5. The molecular weight excluding hydrogens is 408 g/mol. The van der Waals surface area contributed by atoms with Crippen LogP contribution in [0.3, 0.4) is 0 Å². The number of ether oxygens (including phenoxy) is 2. The fourth-order valence-corrected chi connectivity index (χ4v) is 5.57. The van der Waals surface area contributed by atoms with Gasteiger partial charge in [-0.3, -0.25) is 4.79 Å². The molecular formula is C22H21ClN2O3S. The second-order valence-corrected chi connectivity index (χ2v) is 9.25. The molecule has 150 valence electrons. The number of carbonyl (C=O) groups is 1.